The Morgan fingerprint density at radius 1 is 1.50 bits per heavy atom. The molecule has 0 atom stereocenters. The van der Waals surface area contributed by atoms with E-state index in [1.807, 2.05) is 14.1 Å². The van der Waals surface area contributed by atoms with Gasteiger partial charge in [0, 0.05) is 0 Å². The van der Waals surface area contributed by atoms with E-state index in [4.69, 9.17) is 5.73 Å². The smallest absolute Gasteiger partial charge is 0.0769 e. The van der Waals surface area contributed by atoms with E-state index < -0.39 is 0 Å². The summed E-state index contributed by atoms with van der Waals surface area (Å²) in [5, 5.41) is 0. The van der Waals surface area contributed by atoms with E-state index in [0.717, 1.165) is 0 Å². The molecule has 0 aromatic rings. The monoisotopic (exact) mass is 132 g/mol. The van der Waals surface area contributed by atoms with E-state index in [-0.39, 0.29) is 4.87 Å². The molecule has 0 heterocycles. The van der Waals surface area contributed by atoms with Crippen LogP contribution in [0.4, 0.5) is 0 Å². The lowest BCUT2D eigenvalue weighted by molar-refractivity contribution is 0.688. The zero-order chi connectivity index (χ0) is 6.20. The van der Waals surface area contributed by atoms with Gasteiger partial charge in [-0.2, -0.15) is 0 Å². The van der Waals surface area contributed by atoms with Crippen LogP contribution in [0.15, 0.2) is 0 Å². The van der Waals surface area contributed by atoms with Crippen molar-refractivity contribution in [3.63, 3.8) is 0 Å². The summed E-state index contributed by atoms with van der Waals surface area (Å²) < 4.78 is 2.06. The molecule has 0 bridgehead atoms. The maximum atomic E-state index is 5.77. The lowest BCUT2D eigenvalue weighted by Crippen LogP contribution is -2.21. The van der Waals surface area contributed by atoms with Crippen molar-refractivity contribution in [2.45, 2.75) is 17.7 Å². The van der Waals surface area contributed by atoms with Gasteiger partial charge in [0.1, 0.15) is 0 Å². The third kappa shape index (κ3) is 1.65. The van der Waals surface area contributed by atoms with Crippen LogP contribution in [0.25, 0.3) is 0 Å². The van der Waals surface area contributed by atoms with Crippen LogP contribution in [0.5, 0.6) is 0 Å². The second kappa shape index (κ2) is 1.90. The minimum absolute atomic E-state index is 0.115. The second-order valence-corrected chi connectivity index (χ2v) is 4.19. The topological polar surface area (TPSA) is 29.3 Å². The molecule has 1 saturated carbocycles. The molecule has 3 heteroatoms. The zero-order valence-corrected chi connectivity index (χ0v) is 6.16. The predicted octanol–water partition coefficient (Wildman–Crippen LogP) is 0.645. The van der Waals surface area contributed by atoms with Crippen LogP contribution < -0.4 is 5.73 Å². The fourth-order valence-corrected chi connectivity index (χ4v) is 1.59. The predicted molar refractivity (Wildman–Crippen MR) is 37.4 cm³/mol. The molecule has 0 amide bonds. The molecule has 0 saturated heterocycles. The molecule has 1 rings (SSSR count). The van der Waals surface area contributed by atoms with Crippen molar-refractivity contribution in [3.05, 3.63) is 0 Å². The van der Waals surface area contributed by atoms with Gasteiger partial charge in [-0.05, 0) is 26.9 Å². The van der Waals surface area contributed by atoms with E-state index >= 15 is 0 Å². The van der Waals surface area contributed by atoms with Crippen LogP contribution in [0.3, 0.4) is 0 Å². The average molecular weight is 132 g/mol. The molecule has 0 unspecified atom stereocenters. The first-order valence-corrected chi connectivity index (χ1v) is 3.55. The van der Waals surface area contributed by atoms with E-state index in [1.54, 1.807) is 11.9 Å². The Balaban J connectivity index is 2.19. The molecule has 1 fully saturated rings. The van der Waals surface area contributed by atoms with Crippen molar-refractivity contribution in [2.75, 3.05) is 14.1 Å². The quantitative estimate of drug-likeness (QED) is 0.442. The van der Waals surface area contributed by atoms with Crippen LogP contribution in [-0.4, -0.2) is 23.3 Å². The van der Waals surface area contributed by atoms with Crippen molar-refractivity contribution in [1.29, 1.82) is 0 Å². The molecule has 2 N–H and O–H groups in total. The van der Waals surface area contributed by atoms with E-state index in [0.29, 0.717) is 0 Å². The normalized spacial score (nSPS) is 24.0. The minimum Gasteiger partial charge on any atom is -0.316 e. The van der Waals surface area contributed by atoms with Gasteiger partial charge >= 0.3 is 0 Å². The maximum absolute atomic E-state index is 5.77. The Bertz CT molecular complexity index is 88.4. The molecule has 0 aromatic carbocycles. The van der Waals surface area contributed by atoms with Gasteiger partial charge in [0.15, 0.2) is 0 Å². The van der Waals surface area contributed by atoms with Crippen LogP contribution in [0, 0.1) is 0 Å². The summed E-state index contributed by atoms with van der Waals surface area (Å²) in [6, 6.07) is 0. The lowest BCUT2D eigenvalue weighted by Gasteiger charge is -2.13. The molecule has 2 nitrogen and oxygen atoms in total. The summed E-state index contributed by atoms with van der Waals surface area (Å²) >= 11 is 1.73. The highest BCUT2D eigenvalue weighted by molar-refractivity contribution is 7.98. The minimum atomic E-state index is 0.115. The first-order chi connectivity index (χ1) is 3.62. The summed E-state index contributed by atoms with van der Waals surface area (Å²) in [4.78, 5) is 0.115. The average Bonchev–Trinajstić information content (AvgIpc) is 2.17. The van der Waals surface area contributed by atoms with E-state index in [2.05, 4.69) is 4.31 Å². The second-order valence-electron chi connectivity index (χ2n) is 2.47. The Labute approximate surface area is 54.6 Å². The van der Waals surface area contributed by atoms with Gasteiger partial charge in [-0.25, -0.2) is 0 Å². The Hall–Kier alpha value is 0.270. The first-order valence-electron chi connectivity index (χ1n) is 2.78. The van der Waals surface area contributed by atoms with Crippen molar-refractivity contribution in [1.82, 2.24) is 4.31 Å². The molecule has 1 aliphatic carbocycles. The van der Waals surface area contributed by atoms with Crippen molar-refractivity contribution in [3.8, 4) is 0 Å². The van der Waals surface area contributed by atoms with Crippen molar-refractivity contribution >= 4 is 11.9 Å². The highest BCUT2D eigenvalue weighted by Crippen LogP contribution is 2.43. The van der Waals surface area contributed by atoms with Gasteiger partial charge < -0.3 is 5.73 Å². The molecule has 1 aliphatic rings. The van der Waals surface area contributed by atoms with Crippen LogP contribution in [0.1, 0.15) is 12.8 Å². The summed E-state index contributed by atoms with van der Waals surface area (Å²) in [7, 11) is 4.05. The fourth-order valence-electron chi connectivity index (χ4n) is 0.578. The Morgan fingerprint density at radius 2 is 2.00 bits per heavy atom. The standard InChI is InChI=1S/C5H12N2S/c1-7(2)8-5(6)3-4-5/h3-4,6H2,1-2H3. The van der Waals surface area contributed by atoms with Crippen molar-refractivity contribution < 1.29 is 0 Å². The zero-order valence-electron chi connectivity index (χ0n) is 5.35. The molecule has 0 radical (unpaired) electrons. The largest absolute Gasteiger partial charge is 0.316 e. The summed E-state index contributed by atoms with van der Waals surface area (Å²) in [6.07, 6.45) is 2.35. The summed E-state index contributed by atoms with van der Waals surface area (Å²) in [5.41, 5.74) is 5.77. The van der Waals surface area contributed by atoms with Gasteiger partial charge in [0.2, 0.25) is 0 Å². The van der Waals surface area contributed by atoms with Crippen LogP contribution in [-0.2, 0) is 0 Å². The number of nitrogens with two attached hydrogens (primary N) is 1. The Kier molecular flexibility index (Phi) is 1.52. The highest BCUT2D eigenvalue weighted by Gasteiger charge is 2.39. The highest BCUT2D eigenvalue weighted by atomic mass is 32.2. The summed E-state index contributed by atoms with van der Waals surface area (Å²) in [5.74, 6) is 0. The molecule has 48 valence electrons. The number of rotatable bonds is 2. The summed E-state index contributed by atoms with van der Waals surface area (Å²) in [6.45, 7) is 0. The molecule has 0 spiro atoms. The third-order valence-electron chi connectivity index (χ3n) is 1.11. The Morgan fingerprint density at radius 3 is 2.12 bits per heavy atom. The molecule has 0 aliphatic heterocycles. The van der Waals surface area contributed by atoms with Gasteiger partial charge in [0.25, 0.3) is 0 Å². The molecule has 8 heavy (non-hydrogen) atoms. The molecular formula is C5H12N2S. The molecular weight excluding hydrogens is 120 g/mol. The van der Waals surface area contributed by atoms with Crippen LogP contribution in [0.2, 0.25) is 0 Å². The molecule has 0 aromatic heterocycles. The number of nitrogens with zero attached hydrogens (tertiary/aromatic N) is 1. The maximum Gasteiger partial charge on any atom is 0.0769 e. The fraction of sp³-hybridized carbons (Fsp3) is 1.00. The van der Waals surface area contributed by atoms with Crippen LogP contribution >= 0.6 is 11.9 Å². The van der Waals surface area contributed by atoms with Gasteiger partial charge in [-0.1, -0.05) is 11.9 Å². The van der Waals surface area contributed by atoms with Crippen molar-refractivity contribution in [2.24, 2.45) is 5.73 Å². The lowest BCUT2D eigenvalue weighted by atomic mass is 10.8. The van der Waals surface area contributed by atoms with Gasteiger partial charge in [-0.15, -0.1) is 0 Å². The SMILES string of the molecule is CN(C)SC1(N)CC1. The van der Waals surface area contributed by atoms with Gasteiger partial charge in [-0.3, -0.25) is 4.31 Å². The first kappa shape index (κ1) is 6.39. The number of hydrogen-bond acceptors (Lipinski definition) is 3. The number of hydrogen-bond donors (Lipinski definition) is 1. The van der Waals surface area contributed by atoms with Gasteiger partial charge in [0.05, 0.1) is 4.87 Å². The third-order valence-corrected chi connectivity index (χ3v) is 2.24. The van der Waals surface area contributed by atoms with E-state index in [9.17, 15) is 0 Å². The van der Waals surface area contributed by atoms with E-state index in [1.165, 1.54) is 12.8 Å².